The maximum atomic E-state index is 6.34. The minimum atomic E-state index is -0.188. The van der Waals surface area contributed by atoms with Crippen LogP contribution in [0.25, 0.3) is 0 Å². The van der Waals surface area contributed by atoms with Crippen LogP contribution in [0, 0.1) is 0 Å². The van der Waals surface area contributed by atoms with Gasteiger partial charge in [-0.2, -0.15) is 0 Å². The van der Waals surface area contributed by atoms with Gasteiger partial charge in [0.05, 0.1) is 0 Å². The Morgan fingerprint density at radius 2 is 0.571 bits per heavy atom. The van der Waals surface area contributed by atoms with Gasteiger partial charge < -0.3 is 22.9 Å². The van der Waals surface area contributed by atoms with Gasteiger partial charge in [-0.05, 0) is 38.5 Å². The Balaban J connectivity index is 2.08. The lowest BCUT2D eigenvalue weighted by Crippen LogP contribution is -2.80. The lowest BCUT2D eigenvalue weighted by Gasteiger charge is -2.67. The summed E-state index contributed by atoms with van der Waals surface area (Å²) in [4.78, 5) is 0. The van der Waals surface area contributed by atoms with Crippen LogP contribution in [0.1, 0.15) is 38.5 Å². The summed E-state index contributed by atoms with van der Waals surface area (Å²) >= 11 is 0. The van der Waals surface area contributed by atoms with E-state index in [0.29, 0.717) is 0 Å². The van der Waals surface area contributed by atoms with E-state index in [-0.39, 0.29) is 22.2 Å². The first-order valence-electron chi connectivity index (χ1n) is 5.40. The van der Waals surface area contributed by atoms with Gasteiger partial charge in [-0.3, -0.25) is 0 Å². The predicted octanol–water partition coefficient (Wildman–Crippen LogP) is -0.842. The normalized spacial score (nSPS) is 66.0. The highest BCUT2D eigenvalue weighted by molar-refractivity contribution is 5.26. The highest BCUT2D eigenvalue weighted by atomic mass is 15.0. The van der Waals surface area contributed by atoms with E-state index in [2.05, 4.69) is 0 Å². The van der Waals surface area contributed by atoms with Crippen molar-refractivity contribution >= 4 is 0 Å². The molecule has 4 aliphatic rings. The summed E-state index contributed by atoms with van der Waals surface area (Å²) in [6.07, 6.45) is 5.40. The minimum Gasteiger partial charge on any atom is -0.325 e. The van der Waals surface area contributed by atoms with Crippen LogP contribution in [0.5, 0.6) is 0 Å². The lowest BCUT2D eigenvalue weighted by molar-refractivity contribution is -0.0485. The summed E-state index contributed by atoms with van der Waals surface area (Å²) in [6, 6.07) is 0. The van der Waals surface area contributed by atoms with Gasteiger partial charge in [0.1, 0.15) is 0 Å². The van der Waals surface area contributed by atoms with Crippen LogP contribution in [0.2, 0.25) is 0 Å². The van der Waals surface area contributed by atoms with Crippen LogP contribution < -0.4 is 22.9 Å². The summed E-state index contributed by atoms with van der Waals surface area (Å²) in [5.74, 6) is 0. The van der Waals surface area contributed by atoms with Crippen LogP contribution in [-0.2, 0) is 0 Å². The second-order valence-corrected chi connectivity index (χ2v) is 6.51. The average molecular weight is 196 g/mol. The van der Waals surface area contributed by atoms with E-state index in [0.717, 1.165) is 38.5 Å². The first-order chi connectivity index (χ1) is 6.24. The van der Waals surface area contributed by atoms with Crippen molar-refractivity contribution in [3.8, 4) is 0 Å². The molecular formula is C10H20N4. The molecule has 4 fully saturated rings. The minimum absolute atomic E-state index is 0.188. The maximum absolute atomic E-state index is 6.34. The van der Waals surface area contributed by atoms with Gasteiger partial charge in [0.15, 0.2) is 0 Å². The fraction of sp³-hybridized carbons (Fsp3) is 1.00. The number of nitrogens with two attached hydrogens (primary N) is 4. The first kappa shape index (κ1) is 9.09. The van der Waals surface area contributed by atoms with Crippen molar-refractivity contribution in [2.75, 3.05) is 0 Å². The molecule has 0 amide bonds. The quantitative estimate of drug-likeness (QED) is 0.405. The third-order valence-corrected chi connectivity index (χ3v) is 4.22. The second kappa shape index (κ2) is 2.02. The molecule has 0 aromatic carbocycles. The molecule has 14 heavy (non-hydrogen) atoms. The third-order valence-electron chi connectivity index (χ3n) is 4.22. The van der Waals surface area contributed by atoms with E-state index < -0.39 is 0 Å². The summed E-state index contributed by atoms with van der Waals surface area (Å²) in [6.45, 7) is 0. The lowest BCUT2D eigenvalue weighted by atomic mass is 9.45. The fourth-order valence-corrected chi connectivity index (χ4v) is 4.96. The predicted molar refractivity (Wildman–Crippen MR) is 55.4 cm³/mol. The Hall–Kier alpha value is -0.160. The zero-order valence-electron chi connectivity index (χ0n) is 8.55. The van der Waals surface area contributed by atoms with Crippen molar-refractivity contribution in [3.05, 3.63) is 0 Å². The van der Waals surface area contributed by atoms with E-state index in [1.54, 1.807) is 0 Å². The number of rotatable bonds is 0. The largest absolute Gasteiger partial charge is 0.325 e. The molecule has 0 spiro atoms. The number of hydrogen-bond acceptors (Lipinski definition) is 4. The molecule has 4 nitrogen and oxygen atoms in total. The molecule has 4 heteroatoms. The molecule has 0 unspecified atom stereocenters. The Kier molecular flexibility index (Phi) is 1.31. The summed E-state index contributed by atoms with van der Waals surface area (Å²) < 4.78 is 0. The second-order valence-electron chi connectivity index (χ2n) is 6.51. The third kappa shape index (κ3) is 1.08. The maximum Gasteiger partial charge on any atom is 0.0207 e. The monoisotopic (exact) mass is 196 g/mol. The molecule has 0 aromatic rings. The Labute approximate surface area is 84.4 Å². The van der Waals surface area contributed by atoms with Crippen molar-refractivity contribution in [3.63, 3.8) is 0 Å². The van der Waals surface area contributed by atoms with Gasteiger partial charge >= 0.3 is 0 Å². The van der Waals surface area contributed by atoms with E-state index in [9.17, 15) is 0 Å². The van der Waals surface area contributed by atoms with Crippen molar-refractivity contribution < 1.29 is 0 Å². The highest BCUT2D eigenvalue weighted by Gasteiger charge is 2.64. The van der Waals surface area contributed by atoms with Crippen molar-refractivity contribution in [1.82, 2.24) is 0 Å². The molecule has 4 saturated carbocycles. The van der Waals surface area contributed by atoms with Crippen LogP contribution in [0.4, 0.5) is 0 Å². The van der Waals surface area contributed by atoms with Gasteiger partial charge in [0, 0.05) is 22.2 Å². The van der Waals surface area contributed by atoms with Gasteiger partial charge in [0.2, 0.25) is 0 Å². The molecule has 4 aliphatic carbocycles. The van der Waals surface area contributed by atoms with E-state index in [1.165, 1.54) is 0 Å². The number of hydrogen-bond donors (Lipinski definition) is 4. The summed E-state index contributed by atoms with van der Waals surface area (Å²) in [7, 11) is 0. The van der Waals surface area contributed by atoms with Crippen molar-refractivity contribution in [1.29, 1.82) is 0 Å². The molecule has 8 N–H and O–H groups in total. The zero-order valence-corrected chi connectivity index (χ0v) is 8.55. The smallest absolute Gasteiger partial charge is 0.0207 e. The Morgan fingerprint density at radius 1 is 0.429 bits per heavy atom. The molecular weight excluding hydrogens is 176 g/mol. The van der Waals surface area contributed by atoms with E-state index >= 15 is 0 Å². The van der Waals surface area contributed by atoms with Gasteiger partial charge in [-0.1, -0.05) is 0 Å². The molecule has 4 bridgehead atoms. The molecule has 0 aliphatic heterocycles. The fourth-order valence-electron chi connectivity index (χ4n) is 4.96. The topological polar surface area (TPSA) is 104 Å². The highest BCUT2D eigenvalue weighted by Crippen LogP contribution is 2.57. The Morgan fingerprint density at radius 3 is 0.714 bits per heavy atom. The van der Waals surface area contributed by atoms with Crippen molar-refractivity contribution in [2.24, 2.45) is 22.9 Å². The summed E-state index contributed by atoms with van der Waals surface area (Å²) in [5, 5.41) is 0. The zero-order chi connectivity index (χ0) is 10.2. The first-order valence-corrected chi connectivity index (χ1v) is 5.40. The molecule has 0 aromatic heterocycles. The van der Waals surface area contributed by atoms with Gasteiger partial charge in [0.25, 0.3) is 0 Å². The van der Waals surface area contributed by atoms with Gasteiger partial charge in [-0.15, -0.1) is 0 Å². The average Bonchev–Trinajstić information content (AvgIpc) is 1.67. The van der Waals surface area contributed by atoms with Gasteiger partial charge in [-0.25, -0.2) is 0 Å². The van der Waals surface area contributed by atoms with Crippen LogP contribution in [-0.4, -0.2) is 22.2 Å². The standard InChI is InChI=1S/C10H20N4/c11-7-1-8(12)4-9(13,2-7)6-10(14,3-7)5-8/h1-6,11-14H2. The SMILES string of the molecule is NC12CC3(N)CC(N)(C1)CC(N)(C2)C3. The summed E-state index contributed by atoms with van der Waals surface area (Å²) in [5.41, 5.74) is 24.6. The molecule has 0 radical (unpaired) electrons. The van der Waals surface area contributed by atoms with E-state index in [1.807, 2.05) is 0 Å². The van der Waals surface area contributed by atoms with Crippen LogP contribution in [0.15, 0.2) is 0 Å². The Bertz CT molecular complexity index is 205. The van der Waals surface area contributed by atoms with Crippen molar-refractivity contribution in [2.45, 2.75) is 60.7 Å². The molecule has 0 atom stereocenters. The molecule has 0 saturated heterocycles. The molecule has 4 rings (SSSR count). The molecule has 80 valence electrons. The van der Waals surface area contributed by atoms with E-state index in [4.69, 9.17) is 22.9 Å². The van der Waals surface area contributed by atoms with Crippen LogP contribution in [0.3, 0.4) is 0 Å². The van der Waals surface area contributed by atoms with Crippen LogP contribution >= 0.6 is 0 Å². The molecule has 0 heterocycles.